The number of hydrogen-bond acceptors (Lipinski definition) is 5. The van der Waals surface area contributed by atoms with Crippen molar-refractivity contribution >= 4 is 23.7 Å². The van der Waals surface area contributed by atoms with Crippen molar-refractivity contribution in [3.05, 3.63) is 59.5 Å². The molecule has 1 aromatic carbocycles. The number of halogens is 1. The molecule has 0 unspecified atom stereocenters. The van der Waals surface area contributed by atoms with E-state index in [1.807, 2.05) is 26.0 Å². The Morgan fingerprint density at radius 2 is 2.12 bits per heavy atom. The smallest absolute Gasteiger partial charge is 0.321 e. The molecule has 34 heavy (non-hydrogen) atoms. The third-order valence-corrected chi connectivity index (χ3v) is 5.80. The second kappa shape index (κ2) is 11.1. The number of aliphatic hydroxyl groups is 1. The van der Waals surface area contributed by atoms with Crippen molar-refractivity contribution in [2.24, 2.45) is 5.92 Å². The first-order valence-corrected chi connectivity index (χ1v) is 11.2. The second-order valence-corrected chi connectivity index (χ2v) is 8.56. The zero-order chi connectivity index (χ0) is 24.8. The third kappa shape index (κ3) is 5.91. The average molecular weight is 471 g/mol. The minimum absolute atomic E-state index is 0.163. The molecular formula is C25H31FN4O4. The van der Waals surface area contributed by atoms with Gasteiger partial charge in [0.2, 0.25) is 5.88 Å². The van der Waals surface area contributed by atoms with E-state index in [0.717, 1.165) is 5.56 Å². The summed E-state index contributed by atoms with van der Waals surface area (Å²) in [4.78, 5) is 33.5. The number of aliphatic hydroxyl groups excluding tert-OH is 1. The molecule has 3 amide bonds. The highest BCUT2D eigenvalue weighted by Gasteiger charge is 2.34. The van der Waals surface area contributed by atoms with Crippen molar-refractivity contribution in [1.29, 1.82) is 0 Å². The molecule has 3 atom stereocenters. The van der Waals surface area contributed by atoms with Crippen molar-refractivity contribution in [3.63, 3.8) is 0 Å². The zero-order valence-corrected chi connectivity index (χ0v) is 19.9. The van der Waals surface area contributed by atoms with Gasteiger partial charge in [0.15, 0.2) is 0 Å². The fourth-order valence-corrected chi connectivity index (χ4v) is 3.72. The van der Waals surface area contributed by atoms with E-state index in [9.17, 15) is 19.1 Å². The van der Waals surface area contributed by atoms with Crippen LogP contribution in [0.4, 0.5) is 14.9 Å². The number of aromatic nitrogens is 1. The lowest BCUT2D eigenvalue weighted by molar-refractivity contribution is 0.0356. The highest BCUT2D eigenvalue weighted by atomic mass is 19.1. The van der Waals surface area contributed by atoms with Crippen LogP contribution in [0, 0.1) is 11.7 Å². The normalized spacial score (nSPS) is 19.1. The van der Waals surface area contributed by atoms with Gasteiger partial charge in [-0.2, -0.15) is 0 Å². The Kier molecular flexibility index (Phi) is 8.22. The third-order valence-electron chi connectivity index (χ3n) is 5.80. The lowest BCUT2D eigenvalue weighted by atomic mass is 10.00. The van der Waals surface area contributed by atoms with Gasteiger partial charge in [-0.15, -0.1) is 0 Å². The fraction of sp³-hybridized carbons (Fsp3) is 0.400. The Hall–Kier alpha value is -3.46. The molecule has 1 aliphatic rings. The molecule has 1 aromatic heterocycles. The van der Waals surface area contributed by atoms with Crippen LogP contribution in [0.25, 0.3) is 6.08 Å². The minimum Gasteiger partial charge on any atom is -0.472 e. The Bertz CT molecular complexity index is 1040. The van der Waals surface area contributed by atoms with Crippen LogP contribution >= 0.6 is 0 Å². The molecule has 0 fully saturated rings. The molecule has 0 spiro atoms. The maximum Gasteiger partial charge on any atom is 0.321 e. The summed E-state index contributed by atoms with van der Waals surface area (Å²) in [5.41, 5.74) is 1.55. The molecule has 0 saturated carbocycles. The molecule has 182 valence electrons. The van der Waals surface area contributed by atoms with Crippen LogP contribution in [0.2, 0.25) is 0 Å². The second-order valence-electron chi connectivity index (χ2n) is 8.56. The van der Waals surface area contributed by atoms with Crippen LogP contribution in [0.5, 0.6) is 5.88 Å². The maximum absolute atomic E-state index is 13.3. The van der Waals surface area contributed by atoms with Crippen LogP contribution in [-0.2, 0) is 0 Å². The van der Waals surface area contributed by atoms with Gasteiger partial charge in [0.1, 0.15) is 17.5 Å². The van der Waals surface area contributed by atoms with Crippen molar-refractivity contribution in [1.82, 2.24) is 14.8 Å². The number of amides is 3. The first-order valence-electron chi connectivity index (χ1n) is 11.2. The van der Waals surface area contributed by atoms with Crippen molar-refractivity contribution < 1.29 is 23.8 Å². The first kappa shape index (κ1) is 25.2. The number of nitrogens with one attached hydrogen (secondary N) is 1. The summed E-state index contributed by atoms with van der Waals surface area (Å²) in [5.74, 6) is -0.618. The number of carbonyl (C=O) groups excluding carboxylic acids is 2. The molecule has 9 heteroatoms. The van der Waals surface area contributed by atoms with Crippen LogP contribution in [-0.4, -0.2) is 70.7 Å². The lowest BCUT2D eigenvalue weighted by Gasteiger charge is -2.37. The first-order chi connectivity index (χ1) is 16.2. The fourth-order valence-electron chi connectivity index (χ4n) is 3.72. The van der Waals surface area contributed by atoms with Crippen LogP contribution in [0.1, 0.15) is 36.7 Å². The van der Waals surface area contributed by atoms with Gasteiger partial charge in [-0.3, -0.25) is 4.79 Å². The highest BCUT2D eigenvalue weighted by Crippen LogP contribution is 2.27. The number of fused-ring (bicyclic) bond motifs is 1. The van der Waals surface area contributed by atoms with E-state index < -0.39 is 12.1 Å². The number of rotatable bonds is 6. The SMILES string of the molecule is CC=Cc1cnc2c(c1)C(=O)N([C@H](C)CO)C[C@@H](C)[C@H](CN(C)C(=O)Nc1ccc(F)cc1)O2. The topological polar surface area (TPSA) is 95.0 Å². The Morgan fingerprint density at radius 1 is 1.41 bits per heavy atom. The summed E-state index contributed by atoms with van der Waals surface area (Å²) in [6, 6.07) is 6.46. The molecule has 0 aliphatic carbocycles. The van der Waals surface area contributed by atoms with E-state index >= 15 is 0 Å². The Balaban J connectivity index is 1.85. The molecule has 8 nitrogen and oxygen atoms in total. The van der Waals surface area contributed by atoms with Gasteiger partial charge < -0.3 is 25.0 Å². The quantitative estimate of drug-likeness (QED) is 0.672. The monoisotopic (exact) mass is 470 g/mol. The van der Waals surface area contributed by atoms with Crippen LogP contribution < -0.4 is 10.1 Å². The summed E-state index contributed by atoms with van der Waals surface area (Å²) < 4.78 is 19.3. The van der Waals surface area contributed by atoms with E-state index in [0.29, 0.717) is 17.8 Å². The van der Waals surface area contributed by atoms with E-state index in [1.165, 1.54) is 29.2 Å². The number of ether oxygens (including phenoxy) is 1. The predicted octanol–water partition coefficient (Wildman–Crippen LogP) is 3.64. The number of anilines is 1. The number of carbonyl (C=O) groups is 2. The van der Waals surface area contributed by atoms with Gasteiger partial charge in [-0.05, 0) is 49.7 Å². The van der Waals surface area contributed by atoms with Crippen LogP contribution in [0.3, 0.4) is 0 Å². The molecular weight excluding hydrogens is 439 g/mol. The summed E-state index contributed by atoms with van der Waals surface area (Å²) in [6.45, 7) is 5.97. The summed E-state index contributed by atoms with van der Waals surface area (Å²) >= 11 is 0. The highest BCUT2D eigenvalue weighted by molar-refractivity contribution is 5.97. The van der Waals surface area contributed by atoms with Gasteiger partial charge in [0.05, 0.1) is 19.2 Å². The number of nitrogens with zero attached hydrogens (tertiary/aromatic N) is 3. The van der Waals surface area contributed by atoms with Gasteiger partial charge in [0, 0.05) is 31.4 Å². The number of allylic oxidation sites excluding steroid dienone is 1. The average Bonchev–Trinajstić information content (AvgIpc) is 2.82. The summed E-state index contributed by atoms with van der Waals surface area (Å²) in [5, 5.41) is 12.5. The molecule has 2 N–H and O–H groups in total. The molecule has 0 bridgehead atoms. The molecule has 2 aromatic rings. The molecule has 0 radical (unpaired) electrons. The number of pyridine rings is 1. The molecule has 3 rings (SSSR count). The van der Waals surface area contributed by atoms with Crippen molar-refractivity contribution in [2.75, 3.05) is 32.1 Å². The van der Waals surface area contributed by atoms with Gasteiger partial charge in [-0.25, -0.2) is 14.2 Å². The summed E-state index contributed by atoms with van der Waals surface area (Å²) in [7, 11) is 1.64. The molecule has 1 aliphatic heterocycles. The van der Waals surface area contributed by atoms with Crippen molar-refractivity contribution in [3.8, 4) is 5.88 Å². The van der Waals surface area contributed by atoms with E-state index in [-0.39, 0.29) is 42.7 Å². The van der Waals surface area contributed by atoms with Gasteiger partial charge in [-0.1, -0.05) is 19.1 Å². The standard InChI is InChI=1S/C25H31FN4O4/c1-5-6-18-11-21-23(27-12-18)34-22(16(2)13-30(24(21)32)17(3)15-31)14-29(4)25(33)28-20-9-7-19(26)8-10-20/h5-12,16-17,22,31H,13-15H2,1-4H3,(H,28,33)/t16-,17-,22+/m1/s1. The number of benzene rings is 1. The number of urea groups is 1. The largest absolute Gasteiger partial charge is 0.472 e. The summed E-state index contributed by atoms with van der Waals surface area (Å²) in [6.07, 6.45) is 4.85. The van der Waals surface area contributed by atoms with Gasteiger partial charge >= 0.3 is 6.03 Å². The molecule has 2 heterocycles. The van der Waals surface area contributed by atoms with Crippen molar-refractivity contribution in [2.45, 2.75) is 32.9 Å². The molecule has 0 saturated heterocycles. The number of likely N-dealkylation sites (N-methyl/N-ethyl adjacent to an activating group) is 1. The minimum atomic E-state index is -0.468. The van der Waals surface area contributed by atoms with E-state index in [2.05, 4.69) is 10.3 Å². The Labute approximate surface area is 199 Å². The maximum atomic E-state index is 13.3. The van der Waals surface area contributed by atoms with Crippen LogP contribution in [0.15, 0.2) is 42.6 Å². The zero-order valence-electron chi connectivity index (χ0n) is 19.9. The Morgan fingerprint density at radius 3 is 2.76 bits per heavy atom. The number of hydrogen-bond donors (Lipinski definition) is 2. The van der Waals surface area contributed by atoms with E-state index in [4.69, 9.17) is 4.74 Å². The van der Waals surface area contributed by atoms with E-state index in [1.54, 1.807) is 31.1 Å². The predicted molar refractivity (Wildman–Crippen MR) is 128 cm³/mol. The van der Waals surface area contributed by atoms with Gasteiger partial charge in [0.25, 0.3) is 5.91 Å². The lowest BCUT2D eigenvalue weighted by Crippen LogP contribution is -2.50.